The Morgan fingerprint density at radius 2 is 1.90 bits per heavy atom. The molecule has 0 aromatic heterocycles. The molecule has 1 amide bonds. The van der Waals surface area contributed by atoms with Gasteiger partial charge in [0.05, 0.1) is 19.3 Å². The molecule has 0 spiro atoms. The van der Waals surface area contributed by atoms with Gasteiger partial charge in [0.2, 0.25) is 0 Å². The van der Waals surface area contributed by atoms with Crippen LogP contribution >= 0.6 is 24.0 Å². The Labute approximate surface area is 190 Å². The fourth-order valence-electron chi connectivity index (χ4n) is 3.78. The van der Waals surface area contributed by atoms with Crippen LogP contribution in [0.4, 0.5) is 4.79 Å². The summed E-state index contributed by atoms with van der Waals surface area (Å²) < 4.78 is 11.2. The molecule has 2 aliphatic rings. The molecule has 1 aromatic rings. The minimum Gasteiger partial charge on any atom is -0.490 e. The standard InChI is InChI=1S/C21H32N4O3.HI/c1-2-27-21(26)25-13-11-17(12-14-25)24-20(22)23-15-16-7-3-6-10-19(16)28-18-8-4-5-9-18;/h3,6-7,10,17-18H,2,4-5,8-9,11-15H2,1H3,(H3,22,23,24);1H. The Balaban J connectivity index is 0.00000300. The number of ether oxygens (including phenoxy) is 2. The molecular formula is C21H33IN4O3. The van der Waals surface area contributed by atoms with E-state index >= 15 is 0 Å². The first-order valence-corrected chi connectivity index (χ1v) is 10.4. The van der Waals surface area contributed by atoms with E-state index in [2.05, 4.69) is 10.3 Å². The summed E-state index contributed by atoms with van der Waals surface area (Å²) >= 11 is 0. The molecule has 3 rings (SSSR count). The molecule has 3 N–H and O–H groups in total. The summed E-state index contributed by atoms with van der Waals surface area (Å²) in [5.74, 6) is 1.35. The number of halogens is 1. The second kappa shape index (κ2) is 12.1. The highest BCUT2D eigenvalue weighted by Gasteiger charge is 2.23. The summed E-state index contributed by atoms with van der Waals surface area (Å²) in [6.45, 7) is 4.05. The SMILES string of the molecule is CCOC(=O)N1CCC(NC(N)=NCc2ccccc2OC2CCCC2)CC1.I. The fourth-order valence-corrected chi connectivity index (χ4v) is 3.78. The molecule has 1 aromatic carbocycles. The zero-order valence-electron chi connectivity index (χ0n) is 17.1. The molecule has 1 aliphatic heterocycles. The first-order valence-electron chi connectivity index (χ1n) is 10.4. The highest BCUT2D eigenvalue weighted by molar-refractivity contribution is 14.0. The van der Waals surface area contributed by atoms with Crippen LogP contribution in [0.2, 0.25) is 0 Å². The Hall–Kier alpha value is -1.71. The number of nitrogens with zero attached hydrogens (tertiary/aromatic N) is 2. The quantitative estimate of drug-likeness (QED) is 0.343. The van der Waals surface area contributed by atoms with Gasteiger partial charge < -0.3 is 25.4 Å². The third-order valence-corrected chi connectivity index (χ3v) is 5.36. The van der Waals surface area contributed by atoms with Crippen molar-refractivity contribution in [3.8, 4) is 5.75 Å². The third-order valence-electron chi connectivity index (χ3n) is 5.36. The second-order valence-electron chi connectivity index (χ2n) is 7.44. The van der Waals surface area contributed by atoms with Gasteiger partial charge in [-0.15, -0.1) is 24.0 Å². The molecule has 29 heavy (non-hydrogen) atoms. The van der Waals surface area contributed by atoms with Crippen molar-refractivity contribution < 1.29 is 14.3 Å². The molecule has 7 nitrogen and oxygen atoms in total. The van der Waals surface area contributed by atoms with E-state index in [0.717, 1.165) is 37.0 Å². The number of rotatable bonds is 6. The topological polar surface area (TPSA) is 89.2 Å². The smallest absolute Gasteiger partial charge is 0.409 e. The van der Waals surface area contributed by atoms with Crippen LogP contribution in [0, 0.1) is 0 Å². The normalized spacial score (nSPS) is 18.2. The highest BCUT2D eigenvalue weighted by Crippen LogP contribution is 2.27. The number of carbonyl (C=O) groups excluding carboxylic acids is 1. The molecule has 1 aliphatic carbocycles. The summed E-state index contributed by atoms with van der Waals surface area (Å²) in [6, 6.07) is 8.27. The molecule has 162 valence electrons. The number of nitrogens with two attached hydrogens (primary N) is 1. The lowest BCUT2D eigenvalue weighted by atomic mass is 10.1. The number of hydrogen-bond acceptors (Lipinski definition) is 4. The van der Waals surface area contributed by atoms with Crippen molar-refractivity contribution in [2.24, 2.45) is 10.7 Å². The Morgan fingerprint density at radius 1 is 1.21 bits per heavy atom. The first kappa shape index (κ1) is 23.6. The van der Waals surface area contributed by atoms with Gasteiger partial charge in [0.15, 0.2) is 5.96 Å². The molecule has 1 saturated carbocycles. The number of piperidine rings is 1. The van der Waals surface area contributed by atoms with Gasteiger partial charge in [-0.3, -0.25) is 0 Å². The van der Waals surface area contributed by atoms with E-state index in [1.54, 1.807) is 4.90 Å². The van der Waals surface area contributed by atoms with Gasteiger partial charge in [-0.1, -0.05) is 18.2 Å². The van der Waals surface area contributed by atoms with Gasteiger partial charge in [-0.2, -0.15) is 0 Å². The maximum Gasteiger partial charge on any atom is 0.409 e. The van der Waals surface area contributed by atoms with Crippen molar-refractivity contribution in [1.82, 2.24) is 10.2 Å². The molecule has 0 atom stereocenters. The summed E-state index contributed by atoms with van der Waals surface area (Å²) in [7, 11) is 0. The Kier molecular flexibility index (Phi) is 9.83. The fraction of sp³-hybridized carbons (Fsp3) is 0.619. The largest absolute Gasteiger partial charge is 0.490 e. The van der Waals surface area contributed by atoms with Crippen molar-refractivity contribution >= 4 is 36.0 Å². The number of para-hydroxylation sites is 1. The number of amides is 1. The molecule has 8 heteroatoms. The lowest BCUT2D eigenvalue weighted by molar-refractivity contribution is 0.0963. The van der Waals surface area contributed by atoms with E-state index in [1.807, 2.05) is 31.2 Å². The molecule has 1 saturated heterocycles. The molecule has 2 fully saturated rings. The maximum absolute atomic E-state index is 11.8. The molecule has 0 bridgehead atoms. The Bertz CT molecular complexity index is 672. The van der Waals surface area contributed by atoms with Crippen LogP contribution in [0.25, 0.3) is 0 Å². The number of aliphatic imine (C=N–C) groups is 1. The number of carbonyl (C=O) groups is 1. The predicted molar refractivity (Wildman–Crippen MR) is 125 cm³/mol. The third kappa shape index (κ3) is 7.24. The van der Waals surface area contributed by atoms with Crippen molar-refractivity contribution in [1.29, 1.82) is 0 Å². The zero-order chi connectivity index (χ0) is 19.8. The van der Waals surface area contributed by atoms with Crippen LogP contribution < -0.4 is 15.8 Å². The lowest BCUT2D eigenvalue weighted by Gasteiger charge is -2.31. The maximum atomic E-state index is 11.8. The predicted octanol–water partition coefficient (Wildman–Crippen LogP) is 3.65. The molecule has 0 unspecified atom stereocenters. The minimum absolute atomic E-state index is 0. The summed E-state index contributed by atoms with van der Waals surface area (Å²) in [5.41, 5.74) is 7.15. The molecule has 1 heterocycles. The average Bonchev–Trinajstić information content (AvgIpc) is 3.21. The van der Waals surface area contributed by atoms with Crippen molar-refractivity contribution in [3.63, 3.8) is 0 Å². The van der Waals surface area contributed by atoms with Gasteiger partial charge in [0, 0.05) is 24.7 Å². The van der Waals surface area contributed by atoms with E-state index in [9.17, 15) is 4.79 Å². The first-order chi connectivity index (χ1) is 13.7. The lowest BCUT2D eigenvalue weighted by Crippen LogP contribution is -2.48. The van der Waals surface area contributed by atoms with Crippen LogP contribution in [-0.2, 0) is 11.3 Å². The van der Waals surface area contributed by atoms with Crippen LogP contribution in [0.15, 0.2) is 29.3 Å². The highest BCUT2D eigenvalue weighted by atomic mass is 127. The zero-order valence-corrected chi connectivity index (χ0v) is 19.5. The monoisotopic (exact) mass is 516 g/mol. The van der Waals surface area contributed by atoms with Gasteiger partial charge >= 0.3 is 6.09 Å². The average molecular weight is 516 g/mol. The van der Waals surface area contributed by atoms with Crippen LogP contribution in [-0.4, -0.2) is 48.8 Å². The Morgan fingerprint density at radius 3 is 2.59 bits per heavy atom. The van der Waals surface area contributed by atoms with E-state index in [0.29, 0.717) is 38.3 Å². The number of guanidine groups is 1. The minimum atomic E-state index is -0.235. The number of benzene rings is 1. The van der Waals surface area contributed by atoms with Crippen LogP contribution in [0.3, 0.4) is 0 Å². The van der Waals surface area contributed by atoms with Gasteiger partial charge in [-0.25, -0.2) is 9.79 Å². The van der Waals surface area contributed by atoms with E-state index in [4.69, 9.17) is 15.2 Å². The van der Waals surface area contributed by atoms with E-state index < -0.39 is 0 Å². The number of hydrogen-bond donors (Lipinski definition) is 2. The van der Waals surface area contributed by atoms with Gasteiger partial charge in [0.1, 0.15) is 5.75 Å². The van der Waals surface area contributed by atoms with Crippen molar-refractivity contribution in [2.45, 2.75) is 64.1 Å². The summed E-state index contributed by atoms with van der Waals surface area (Å²) in [6.07, 6.45) is 6.50. The summed E-state index contributed by atoms with van der Waals surface area (Å²) in [5, 5.41) is 3.28. The molecular weight excluding hydrogens is 483 g/mol. The van der Waals surface area contributed by atoms with Crippen LogP contribution in [0.1, 0.15) is 51.0 Å². The van der Waals surface area contributed by atoms with Crippen LogP contribution in [0.5, 0.6) is 5.75 Å². The van der Waals surface area contributed by atoms with Gasteiger partial charge in [0.25, 0.3) is 0 Å². The van der Waals surface area contributed by atoms with Crippen molar-refractivity contribution in [3.05, 3.63) is 29.8 Å². The second-order valence-corrected chi connectivity index (χ2v) is 7.44. The number of likely N-dealkylation sites (tertiary alicyclic amines) is 1. The van der Waals surface area contributed by atoms with Crippen molar-refractivity contribution in [2.75, 3.05) is 19.7 Å². The van der Waals surface area contributed by atoms with E-state index in [1.165, 1.54) is 12.8 Å². The summed E-state index contributed by atoms with van der Waals surface area (Å²) in [4.78, 5) is 18.0. The number of nitrogens with one attached hydrogen (secondary N) is 1. The molecule has 0 radical (unpaired) electrons. The van der Waals surface area contributed by atoms with Gasteiger partial charge in [-0.05, 0) is 51.5 Å². The van der Waals surface area contributed by atoms with E-state index in [-0.39, 0.29) is 36.1 Å².